The van der Waals surface area contributed by atoms with E-state index < -0.39 is 0 Å². The van der Waals surface area contributed by atoms with Gasteiger partial charge in [-0.2, -0.15) is 0 Å². The molecule has 0 radical (unpaired) electrons. The Kier molecular flexibility index (Phi) is 4.51. The van der Waals surface area contributed by atoms with E-state index >= 15 is 0 Å². The van der Waals surface area contributed by atoms with Crippen LogP contribution in [0.5, 0.6) is 5.75 Å². The monoisotopic (exact) mass is 367 g/mol. The summed E-state index contributed by atoms with van der Waals surface area (Å²) in [6.07, 6.45) is 8.72. The second-order valence-electron chi connectivity index (χ2n) is 8.46. The molecule has 1 N–H and O–H groups in total. The fourth-order valence-electron chi connectivity index (χ4n) is 6.16. The van der Waals surface area contributed by atoms with E-state index in [0.29, 0.717) is 21.5 Å². The molecule has 0 unspecified atom stereocenters. The maximum Gasteiger partial charge on any atom is 0.142 e. The Hall–Kier alpha value is -0.440. The molecule has 132 valence electrons. The van der Waals surface area contributed by atoms with E-state index in [1.54, 1.807) is 13.2 Å². The molecule has 4 aliphatic rings. The predicted octanol–water partition coefficient (Wildman–Crippen LogP) is 5.70. The van der Waals surface area contributed by atoms with Gasteiger partial charge in [-0.3, -0.25) is 0 Å². The third-order valence-corrected chi connectivity index (χ3v) is 7.39. The van der Waals surface area contributed by atoms with Gasteiger partial charge in [-0.25, -0.2) is 0 Å². The molecule has 4 aliphatic carbocycles. The summed E-state index contributed by atoms with van der Waals surface area (Å²) in [5, 5.41) is 5.04. The number of nitrogens with one attached hydrogen (secondary N) is 1. The highest BCUT2D eigenvalue weighted by atomic mass is 35.5. The summed E-state index contributed by atoms with van der Waals surface area (Å²) >= 11 is 12.5. The zero-order valence-corrected chi connectivity index (χ0v) is 16.1. The van der Waals surface area contributed by atoms with Gasteiger partial charge in [0.05, 0.1) is 12.1 Å². The zero-order valence-electron chi connectivity index (χ0n) is 14.6. The van der Waals surface area contributed by atoms with Gasteiger partial charge < -0.3 is 10.1 Å². The van der Waals surface area contributed by atoms with Crippen LogP contribution >= 0.6 is 23.2 Å². The van der Waals surface area contributed by atoms with Crippen LogP contribution in [-0.2, 0) is 6.54 Å². The molecule has 24 heavy (non-hydrogen) atoms. The molecule has 4 heteroatoms. The van der Waals surface area contributed by atoms with Crippen molar-refractivity contribution < 1.29 is 4.74 Å². The maximum atomic E-state index is 6.27. The van der Waals surface area contributed by atoms with Crippen LogP contribution in [0.3, 0.4) is 0 Å². The molecule has 0 aliphatic heterocycles. The highest BCUT2D eigenvalue weighted by Crippen LogP contribution is 2.61. The Balaban J connectivity index is 1.49. The van der Waals surface area contributed by atoms with Gasteiger partial charge in [0.1, 0.15) is 5.75 Å². The summed E-state index contributed by atoms with van der Waals surface area (Å²) in [6, 6.07) is 4.23. The molecule has 4 saturated carbocycles. The van der Waals surface area contributed by atoms with E-state index in [9.17, 15) is 0 Å². The number of halogens is 2. The van der Waals surface area contributed by atoms with Crippen LogP contribution < -0.4 is 10.1 Å². The molecular formula is C20H27Cl2NO. The Morgan fingerprint density at radius 3 is 2.25 bits per heavy atom. The summed E-state index contributed by atoms with van der Waals surface area (Å²) in [5.74, 6) is 3.69. The van der Waals surface area contributed by atoms with Crippen molar-refractivity contribution in [2.75, 3.05) is 7.11 Å². The lowest BCUT2D eigenvalue weighted by Gasteiger charge is -2.59. The third kappa shape index (κ3) is 2.95. The van der Waals surface area contributed by atoms with E-state index in [2.05, 4.69) is 12.2 Å². The number of benzene rings is 1. The lowest BCUT2D eigenvalue weighted by atomic mass is 9.48. The number of hydrogen-bond donors (Lipinski definition) is 1. The van der Waals surface area contributed by atoms with E-state index in [1.165, 1.54) is 38.5 Å². The van der Waals surface area contributed by atoms with Crippen molar-refractivity contribution in [3.63, 3.8) is 0 Å². The van der Waals surface area contributed by atoms with Gasteiger partial charge in [0.15, 0.2) is 0 Å². The number of hydrogen-bond acceptors (Lipinski definition) is 2. The number of rotatable bonds is 5. The predicted molar refractivity (Wildman–Crippen MR) is 99.9 cm³/mol. The topological polar surface area (TPSA) is 21.3 Å². The molecule has 0 aromatic heterocycles. The summed E-state index contributed by atoms with van der Waals surface area (Å²) < 4.78 is 5.48. The Labute approximate surface area is 155 Å². The minimum atomic E-state index is 0.504. The van der Waals surface area contributed by atoms with Crippen LogP contribution in [0.2, 0.25) is 10.0 Å². The standard InChI is InChI=1S/C20H27Cl2NO/c1-12(20-8-13-3-14(9-20)5-15(4-13)10-20)23-11-16-6-17(21)7-18(22)19(16)24-2/h6-7,12-15,23H,3-5,8-11H2,1-2H3/t12-,13?,14?,15?,20?/m0/s1. The fourth-order valence-corrected chi connectivity index (χ4v) is 6.77. The second kappa shape index (κ2) is 6.37. The van der Waals surface area contributed by atoms with Crippen molar-refractivity contribution >= 4 is 23.2 Å². The molecule has 1 aromatic carbocycles. The normalized spacial score (nSPS) is 35.2. The molecule has 4 fully saturated rings. The zero-order chi connectivity index (χ0) is 16.9. The van der Waals surface area contributed by atoms with Crippen molar-refractivity contribution in [3.05, 3.63) is 27.7 Å². The molecule has 2 nitrogen and oxygen atoms in total. The first kappa shape index (κ1) is 17.0. The summed E-state index contributed by atoms with van der Waals surface area (Å²) in [7, 11) is 1.67. The summed E-state index contributed by atoms with van der Waals surface area (Å²) in [6.45, 7) is 3.14. The number of ether oxygens (including phenoxy) is 1. The van der Waals surface area contributed by atoms with Crippen molar-refractivity contribution in [2.45, 2.75) is 58.0 Å². The highest BCUT2D eigenvalue weighted by Gasteiger charge is 2.52. The summed E-state index contributed by atoms with van der Waals surface area (Å²) in [5.41, 5.74) is 1.55. The van der Waals surface area contributed by atoms with Gasteiger partial charge in [0.25, 0.3) is 0 Å². The molecule has 4 bridgehead atoms. The lowest BCUT2D eigenvalue weighted by Crippen LogP contribution is -2.54. The third-order valence-electron chi connectivity index (χ3n) is 6.89. The molecule has 0 heterocycles. The van der Waals surface area contributed by atoms with Crippen LogP contribution in [0, 0.1) is 23.2 Å². The Bertz CT molecular complexity index is 595. The van der Waals surface area contributed by atoms with Gasteiger partial charge >= 0.3 is 0 Å². The molecule has 5 rings (SSSR count). The van der Waals surface area contributed by atoms with Crippen molar-refractivity contribution in [1.29, 1.82) is 0 Å². The van der Waals surface area contributed by atoms with E-state index in [0.717, 1.165) is 35.6 Å². The average molecular weight is 368 g/mol. The highest BCUT2D eigenvalue weighted by molar-refractivity contribution is 6.35. The molecular weight excluding hydrogens is 341 g/mol. The van der Waals surface area contributed by atoms with Crippen LogP contribution in [-0.4, -0.2) is 13.2 Å². The maximum absolute atomic E-state index is 6.27. The molecule has 0 spiro atoms. The first-order chi connectivity index (χ1) is 11.5. The first-order valence-electron chi connectivity index (χ1n) is 9.24. The Morgan fingerprint density at radius 1 is 1.12 bits per heavy atom. The van der Waals surface area contributed by atoms with Crippen LogP contribution in [0.1, 0.15) is 51.0 Å². The van der Waals surface area contributed by atoms with Gasteiger partial charge in [0, 0.05) is 23.2 Å². The first-order valence-corrected chi connectivity index (χ1v) is 10.00. The van der Waals surface area contributed by atoms with E-state index in [-0.39, 0.29) is 0 Å². The van der Waals surface area contributed by atoms with Crippen LogP contribution in [0.4, 0.5) is 0 Å². The molecule has 1 aromatic rings. The van der Waals surface area contributed by atoms with Gasteiger partial charge in [-0.05, 0) is 80.8 Å². The lowest BCUT2D eigenvalue weighted by molar-refractivity contribution is -0.0706. The fraction of sp³-hybridized carbons (Fsp3) is 0.700. The quantitative estimate of drug-likeness (QED) is 0.720. The molecule has 0 amide bonds. The average Bonchev–Trinajstić information content (AvgIpc) is 2.50. The largest absolute Gasteiger partial charge is 0.495 e. The SMILES string of the molecule is COc1c(Cl)cc(Cl)cc1CN[C@@H](C)C12CC3CC(CC(C3)C1)C2. The minimum absolute atomic E-state index is 0.504. The Morgan fingerprint density at radius 2 is 1.71 bits per heavy atom. The van der Waals surface area contributed by atoms with Gasteiger partial charge in [-0.15, -0.1) is 0 Å². The minimum Gasteiger partial charge on any atom is -0.495 e. The molecule has 0 saturated heterocycles. The number of methoxy groups -OCH3 is 1. The van der Waals surface area contributed by atoms with E-state index in [4.69, 9.17) is 27.9 Å². The van der Waals surface area contributed by atoms with Crippen LogP contribution in [0.15, 0.2) is 12.1 Å². The van der Waals surface area contributed by atoms with Gasteiger partial charge in [-0.1, -0.05) is 23.2 Å². The smallest absolute Gasteiger partial charge is 0.142 e. The second-order valence-corrected chi connectivity index (χ2v) is 9.31. The van der Waals surface area contributed by atoms with Crippen LogP contribution in [0.25, 0.3) is 0 Å². The van der Waals surface area contributed by atoms with E-state index in [1.807, 2.05) is 6.07 Å². The van der Waals surface area contributed by atoms with Crippen molar-refractivity contribution in [2.24, 2.45) is 23.2 Å². The summed E-state index contributed by atoms with van der Waals surface area (Å²) in [4.78, 5) is 0. The van der Waals surface area contributed by atoms with Crippen molar-refractivity contribution in [3.8, 4) is 5.75 Å². The molecule has 1 atom stereocenters. The van der Waals surface area contributed by atoms with Gasteiger partial charge in [0.2, 0.25) is 0 Å². The van der Waals surface area contributed by atoms with Crippen molar-refractivity contribution in [1.82, 2.24) is 5.32 Å².